The van der Waals surface area contributed by atoms with Gasteiger partial charge in [-0.2, -0.15) is 0 Å². The molecule has 104 valence electrons. The topological polar surface area (TPSA) is 94.0 Å². The van der Waals surface area contributed by atoms with E-state index in [0.29, 0.717) is 17.9 Å². The number of benzene rings is 1. The molecule has 1 aromatic carbocycles. The number of nitrogens with zero attached hydrogens (tertiary/aromatic N) is 1. The first kappa shape index (κ1) is 14.0. The van der Waals surface area contributed by atoms with E-state index in [-0.39, 0.29) is 6.04 Å². The fourth-order valence-corrected chi connectivity index (χ4v) is 1.93. The highest BCUT2D eigenvalue weighted by molar-refractivity contribution is 5.93. The van der Waals surface area contributed by atoms with E-state index in [1.807, 2.05) is 37.3 Å². The predicted octanol–water partition coefficient (Wildman–Crippen LogP) is 1.60. The molecule has 0 spiro atoms. The molecule has 0 saturated carbocycles. The Hall–Kier alpha value is -2.40. The van der Waals surface area contributed by atoms with Crippen LogP contribution in [-0.2, 0) is 0 Å². The molecule has 2 rings (SSSR count). The van der Waals surface area contributed by atoms with Gasteiger partial charge in [0.25, 0.3) is 0 Å². The first-order valence-electron chi connectivity index (χ1n) is 6.39. The summed E-state index contributed by atoms with van der Waals surface area (Å²) in [5.74, 6) is 0.135. The molecule has 1 heterocycles. The number of primary amides is 1. The Kier molecular flexibility index (Phi) is 4.32. The molecule has 0 bridgehead atoms. The molecule has 20 heavy (non-hydrogen) atoms. The molecule has 1 atom stereocenters. The fraction of sp³-hybridized carbons (Fsp3) is 0.200. The van der Waals surface area contributed by atoms with Crippen LogP contribution in [0.2, 0.25) is 0 Å². The second-order valence-corrected chi connectivity index (χ2v) is 4.64. The van der Waals surface area contributed by atoms with Crippen LogP contribution in [0.25, 0.3) is 0 Å². The third-order valence-corrected chi connectivity index (χ3v) is 2.97. The van der Waals surface area contributed by atoms with E-state index >= 15 is 0 Å². The molecule has 1 aromatic heterocycles. The summed E-state index contributed by atoms with van der Waals surface area (Å²) in [5, 5.41) is 3.14. The maximum Gasteiger partial charge on any atom is 0.248 e. The summed E-state index contributed by atoms with van der Waals surface area (Å²) < 4.78 is 0. The van der Waals surface area contributed by atoms with Gasteiger partial charge in [0.05, 0.1) is 0 Å². The van der Waals surface area contributed by atoms with Crippen molar-refractivity contribution in [2.24, 2.45) is 11.5 Å². The molecule has 1 amide bonds. The molecule has 5 heteroatoms. The number of amides is 1. The van der Waals surface area contributed by atoms with Gasteiger partial charge in [-0.1, -0.05) is 30.3 Å². The van der Waals surface area contributed by atoms with Gasteiger partial charge in [0.1, 0.15) is 5.82 Å². The highest BCUT2D eigenvalue weighted by Gasteiger charge is 2.08. The molecule has 0 radical (unpaired) electrons. The number of nitrogens with two attached hydrogens (primary N) is 2. The Bertz CT molecular complexity index is 598. The van der Waals surface area contributed by atoms with E-state index in [2.05, 4.69) is 10.3 Å². The highest BCUT2D eigenvalue weighted by atomic mass is 16.1. The summed E-state index contributed by atoms with van der Waals surface area (Å²) in [7, 11) is 0. The maximum atomic E-state index is 11.2. The van der Waals surface area contributed by atoms with E-state index in [0.717, 1.165) is 11.3 Å². The summed E-state index contributed by atoms with van der Waals surface area (Å²) in [6.45, 7) is 2.34. The number of pyridine rings is 1. The van der Waals surface area contributed by atoms with Crippen molar-refractivity contribution < 1.29 is 4.79 Å². The zero-order valence-corrected chi connectivity index (χ0v) is 11.3. The standard InChI is InChI=1S/C15H18N4O/c1-10-7-12(15(17)20)8-14(19-10)18-9-13(16)11-5-3-2-4-6-11/h2-8,13H,9,16H2,1H3,(H2,17,20)(H,18,19). The molecule has 5 nitrogen and oxygen atoms in total. The largest absolute Gasteiger partial charge is 0.368 e. The molecule has 5 N–H and O–H groups in total. The van der Waals surface area contributed by atoms with Crippen molar-refractivity contribution in [1.29, 1.82) is 0 Å². The molecular weight excluding hydrogens is 252 g/mol. The van der Waals surface area contributed by atoms with Crippen molar-refractivity contribution in [3.05, 3.63) is 59.3 Å². The number of carbonyl (C=O) groups excluding carboxylic acids is 1. The summed E-state index contributed by atoms with van der Waals surface area (Å²) >= 11 is 0. The van der Waals surface area contributed by atoms with Gasteiger partial charge in [-0.15, -0.1) is 0 Å². The van der Waals surface area contributed by atoms with Gasteiger partial charge in [-0.05, 0) is 24.6 Å². The van der Waals surface area contributed by atoms with Crippen LogP contribution >= 0.6 is 0 Å². The lowest BCUT2D eigenvalue weighted by Gasteiger charge is -2.14. The zero-order valence-electron chi connectivity index (χ0n) is 11.3. The molecule has 0 saturated heterocycles. The number of rotatable bonds is 5. The average molecular weight is 270 g/mol. The number of anilines is 1. The number of aromatic nitrogens is 1. The van der Waals surface area contributed by atoms with Crippen molar-refractivity contribution in [3.8, 4) is 0 Å². The molecule has 0 fully saturated rings. The third kappa shape index (κ3) is 3.55. The van der Waals surface area contributed by atoms with Crippen molar-refractivity contribution in [2.45, 2.75) is 13.0 Å². The molecular formula is C15H18N4O. The number of hydrogen-bond acceptors (Lipinski definition) is 4. The monoisotopic (exact) mass is 270 g/mol. The smallest absolute Gasteiger partial charge is 0.248 e. The van der Waals surface area contributed by atoms with Crippen molar-refractivity contribution >= 4 is 11.7 Å². The van der Waals surface area contributed by atoms with Crippen LogP contribution in [0.15, 0.2) is 42.5 Å². The van der Waals surface area contributed by atoms with E-state index in [9.17, 15) is 4.79 Å². The Morgan fingerprint density at radius 1 is 1.30 bits per heavy atom. The summed E-state index contributed by atoms with van der Waals surface area (Å²) in [4.78, 5) is 15.5. The van der Waals surface area contributed by atoms with Gasteiger partial charge in [0.15, 0.2) is 0 Å². The molecule has 0 aliphatic carbocycles. The van der Waals surface area contributed by atoms with Crippen LogP contribution in [0.3, 0.4) is 0 Å². The van der Waals surface area contributed by atoms with E-state index in [1.165, 1.54) is 0 Å². The van der Waals surface area contributed by atoms with Crippen LogP contribution in [0.1, 0.15) is 27.7 Å². The second-order valence-electron chi connectivity index (χ2n) is 4.64. The van der Waals surface area contributed by atoms with Gasteiger partial charge in [0.2, 0.25) is 5.91 Å². The van der Waals surface area contributed by atoms with Crippen molar-refractivity contribution in [3.63, 3.8) is 0 Å². The minimum atomic E-state index is -0.467. The Balaban J connectivity index is 2.06. The van der Waals surface area contributed by atoms with Crippen LogP contribution < -0.4 is 16.8 Å². The normalized spacial score (nSPS) is 11.9. The number of hydrogen-bond donors (Lipinski definition) is 3. The van der Waals surface area contributed by atoms with Gasteiger partial charge >= 0.3 is 0 Å². The Morgan fingerprint density at radius 3 is 2.65 bits per heavy atom. The maximum absolute atomic E-state index is 11.2. The van der Waals surface area contributed by atoms with Crippen molar-refractivity contribution in [2.75, 3.05) is 11.9 Å². The lowest BCUT2D eigenvalue weighted by atomic mass is 10.1. The zero-order chi connectivity index (χ0) is 14.5. The lowest BCUT2D eigenvalue weighted by molar-refractivity contribution is 0.1000. The molecule has 1 unspecified atom stereocenters. The fourth-order valence-electron chi connectivity index (χ4n) is 1.93. The first-order valence-corrected chi connectivity index (χ1v) is 6.39. The number of aryl methyl sites for hydroxylation is 1. The van der Waals surface area contributed by atoms with Crippen LogP contribution in [-0.4, -0.2) is 17.4 Å². The summed E-state index contributed by atoms with van der Waals surface area (Å²) in [6, 6.07) is 12.9. The average Bonchev–Trinajstić information content (AvgIpc) is 2.45. The summed E-state index contributed by atoms with van der Waals surface area (Å²) in [6.07, 6.45) is 0. The van der Waals surface area contributed by atoms with E-state index in [1.54, 1.807) is 12.1 Å². The number of nitrogens with one attached hydrogen (secondary N) is 1. The van der Waals surface area contributed by atoms with Gasteiger partial charge < -0.3 is 16.8 Å². The van der Waals surface area contributed by atoms with Crippen LogP contribution in [0.5, 0.6) is 0 Å². The SMILES string of the molecule is Cc1cc(C(N)=O)cc(NCC(N)c2ccccc2)n1. The van der Waals surface area contributed by atoms with E-state index in [4.69, 9.17) is 11.5 Å². The van der Waals surface area contributed by atoms with Crippen LogP contribution in [0, 0.1) is 6.92 Å². The molecule has 0 aliphatic heterocycles. The minimum Gasteiger partial charge on any atom is -0.368 e. The first-order chi connectivity index (χ1) is 9.56. The van der Waals surface area contributed by atoms with Crippen LogP contribution in [0.4, 0.5) is 5.82 Å². The summed E-state index contributed by atoms with van der Waals surface area (Å²) in [5.41, 5.74) is 13.6. The van der Waals surface area contributed by atoms with Gasteiger partial charge in [0, 0.05) is 23.8 Å². The quantitative estimate of drug-likeness (QED) is 0.769. The van der Waals surface area contributed by atoms with Gasteiger partial charge in [-0.3, -0.25) is 4.79 Å². The van der Waals surface area contributed by atoms with Gasteiger partial charge in [-0.25, -0.2) is 4.98 Å². The lowest BCUT2D eigenvalue weighted by Crippen LogP contribution is -2.21. The number of carbonyl (C=O) groups is 1. The van der Waals surface area contributed by atoms with E-state index < -0.39 is 5.91 Å². The Labute approximate surface area is 118 Å². The third-order valence-electron chi connectivity index (χ3n) is 2.97. The second kappa shape index (κ2) is 6.16. The minimum absolute atomic E-state index is 0.143. The molecule has 0 aliphatic rings. The Morgan fingerprint density at radius 2 is 2.00 bits per heavy atom. The highest BCUT2D eigenvalue weighted by Crippen LogP contribution is 2.13. The van der Waals surface area contributed by atoms with Crippen molar-refractivity contribution in [1.82, 2.24) is 4.98 Å². The molecule has 2 aromatic rings. The predicted molar refractivity (Wildman–Crippen MR) is 79.4 cm³/mol.